The van der Waals surface area contributed by atoms with Crippen molar-refractivity contribution in [1.29, 1.82) is 0 Å². The van der Waals surface area contributed by atoms with Crippen LogP contribution < -0.4 is 15.0 Å². The number of nitrogens with zero attached hydrogens (tertiary/aromatic N) is 1. The monoisotopic (exact) mass is 574 g/mol. The van der Waals surface area contributed by atoms with Gasteiger partial charge in [0.25, 0.3) is 11.8 Å². The highest BCUT2D eigenvalue weighted by molar-refractivity contribution is 9.10. The molecule has 6 nitrogen and oxygen atoms in total. The SMILES string of the molecule is Cc1ccc(N2C(=O)NC(=O)/C(=C\c3c(OCc4ccccc4Br)ccc4ccccc34)C2=O)cc1Cl. The van der Waals surface area contributed by atoms with Crippen LogP contribution in [0, 0.1) is 6.92 Å². The summed E-state index contributed by atoms with van der Waals surface area (Å²) in [5, 5.41) is 4.37. The normalized spacial score (nSPS) is 14.8. The van der Waals surface area contributed by atoms with Crippen LogP contribution in [0.15, 0.2) is 88.9 Å². The summed E-state index contributed by atoms with van der Waals surface area (Å²) in [6, 6.07) is 23.0. The molecule has 0 saturated carbocycles. The summed E-state index contributed by atoms with van der Waals surface area (Å²) in [5.41, 5.74) is 2.36. The predicted octanol–water partition coefficient (Wildman–Crippen LogP) is 6.81. The van der Waals surface area contributed by atoms with Crippen LogP contribution in [0.4, 0.5) is 10.5 Å². The topological polar surface area (TPSA) is 75.7 Å². The van der Waals surface area contributed by atoms with Crippen LogP contribution >= 0.6 is 27.5 Å². The average molecular weight is 576 g/mol. The molecule has 0 spiro atoms. The number of rotatable bonds is 5. The van der Waals surface area contributed by atoms with Gasteiger partial charge in [0, 0.05) is 20.6 Å². The molecule has 8 heteroatoms. The first-order valence-electron chi connectivity index (χ1n) is 11.4. The van der Waals surface area contributed by atoms with Crippen LogP contribution in [0.25, 0.3) is 16.8 Å². The number of amides is 4. The Morgan fingerprint density at radius 3 is 2.51 bits per heavy atom. The van der Waals surface area contributed by atoms with E-state index in [0.29, 0.717) is 16.3 Å². The van der Waals surface area contributed by atoms with E-state index in [1.807, 2.05) is 61.5 Å². The van der Waals surface area contributed by atoms with Crippen LogP contribution in [-0.4, -0.2) is 17.8 Å². The summed E-state index contributed by atoms with van der Waals surface area (Å²) in [4.78, 5) is 39.9. The summed E-state index contributed by atoms with van der Waals surface area (Å²) < 4.78 is 7.08. The molecule has 1 fully saturated rings. The summed E-state index contributed by atoms with van der Waals surface area (Å²) in [7, 11) is 0. The first-order valence-corrected chi connectivity index (χ1v) is 12.6. The molecule has 0 atom stereocenters. The highest BCUT2D eigenvalue weighted by Gasteiger charge is 2.37. The highest BCUT2D eigenvalue weighted by Crippen LogP contribution is 2.33. The van der Waals surface area contributed by atoms with Gasteiger partial charge in [0.15, 0.2) is 0 Å². The number of barbiturate groups is 1. The molecule has 0 aliphatic carbocycles. The van der Waals surface area contributed by atoms with Crippen molar-refractivity contribution in [3.8, 4) is 5.75 Å². The number of hydrogen-bond acceptors (Lipinski definition) is 4. The zero-order valence-corrected chi connectivity index (χ0v) is 22.0. The molecule has 37 heavy (non-hydrogen) atoms. The number of fused-ring (bicyclic) bond motifs is 1. The van der Waals surface area contributed by atoms with Crippen molar-refractivity contribution in [2.45, 2.75) is 13.5 Å². The van der Waals surface area contributed by atoms with E-state index in [0.717, 1.165) is 31.3 Å². The highest BCUT2D eigenvalue weighted by atomic mass is 79.9. The number of hydrogen-bond donors (Lipinski definition) is 1. The number of benzene rings is 4. The largest absolute Gasteiger partial charge is 0.488 e. The number of carbonyl (C=O) groups excluding carboxylic acids is 3. The van der Waals surface area contributed by atoms with Gasteiger partial charge in [-0.3, -0.25) is 14.9 Å². The van der Waals surface area contributed by atoms with Crippen molar-refractivity contribution in [2.24, 2.45) is 0 Å². The maximum absolute atomic E-state index is 13.5. The molecular formula is C29H20BrClN2O4. The van der Waals surface area contributed by atoms with E-state index >= 15 is 0 Å². The molecule has 4 aromatic rings. The molecule has 0 radical (unpaired) electrons. The lowest BCUT2D eigenvalue weighted by molar-refractivity contribution is -0.122. The minimum Gasteiger partial charge on any atom is -0.488 e. The smallest absolute Gasteiger partial charge is 0.335 e. The van der Waals surface area contributed by atoms with E-state index in [1.165, 1.54) is 12.1 Å². The molecule has 4 aromatic carbocycles. The summed E-state index contributed by atoms with van der Waals surface area (Å²) >= 11 is 9.77. The van der Waals surface area contributed by atoms with E-state index in [2.05, 4.69) is 21.2 Å². The van der Waals surface area contributed by atoms with Crippen molar-refractivity contribution in [1.82, 2.24) is 5.32 Å². The Morgan fingerprint density at radius 2 is 1.73 bits per heavy atom. The quantitative estimate of drug-likeness (QED) is 0.210. The van der Waals surface area contributed by atoms with Gasteiger partial charge in [-0.2, -0.15) is 0 Å². The summed E-state index contributed by atoms with van der Waals surface area (Å²) in [5.74, 6) is -1.04. The van der Waals surface area contributed by atoms with Crippen LogP contribution in [0.5, 0.6) is 5.75 Å². The molecule has 5 rings (SSSR count). The van der Waals surface area contributed by atoms with Gasteiger partial charge in [0.2, 0.25) is 0 Å². The fourth-order valence-electron chi connectivity index (χ4n) is 4.08. The Morgan fingerprint density at radius 1 is 0.973 bits per heavy atom. The average Bonchev–Trinajstić information content (AvgIpc) is 2.88. The lowest BCUT2D eigenvalue weighted by Gasteiger charge is -2.27. The number of halogens is 2. The molecular weight excluding hydrogens is 556 g/mol. The Balaban J connectivity index is 1.59. The lowest BCUT2D eigenvalue weighted by atomic mass is 9.99. The number of carbonyl (C=O) groups is 3. The minimum atomic E-state index is -0.838. The first kappa shape index (κ1) is 24.7. The van der Waals surface area contributed by atoms with Gasteiger partial charge in [-0.25, -0.2) is 9.69 Å². The third-order valence-electron chi connectivity index (χ3n) is 6.08. The first-order chi connectivity index (χ1) is 17.8. The summed E-state index contributed by atoms with van der Waals surface area (Å²) in [6.45, 7) is 2.08. The molecule has 1 aliphatic rings. The van der Waals surface area contributed by atoms with Crippen molar-refractivity contribution < 1.29 is 19.1 Å². The van der Waals surface area contributed by atoms with Gasteiger partial charge in [0.1, 0.15) is 17.9 Å². The zero-order valence-electron chi connectivity index (χ0n) is 19.6. The number of ether oxygens (including phenoxy) is 1. The molecule has 184 valence electrons. The molecule has 0 unspecified atom stereocenters. The number of aryl methyl sites for hydroxylation is 1. The van der Waals surface area contributed by atoms with Crippen molar-refractivity contribution in [3.63, 3.8) is 0 Å². The molecule has 1 saturated heterocycles. The van der Waals surface area contributed by atoms with Crippen LogP contribution in [-0.2, 0) is 16.2 Å². The lowest BCUT2D eigenvalue weighted by Crippen LogP contribution is -2.54. The third-order valence-corrected chi connectivity index (χ3v) is 7.26. The number of nitrogens with one attached hydrogen (secondary N) is 1. The Bertz CT molecular complexity index is 1620. The van der Waals surface area contributed by atoms with Gasteiger partial charge in [-0.1, -0.05) is 82.1 Å². The number of urea groups is 1. The second kappa shape index (κ2) is 10.2. The zero-order chi connectivity index (χ0) is 26.1. The van der Waals surface area contributed by atoms with E-state index < -0.39 is 17.8 Å². The second-order valence-electron chi connectivity index (χ2n) is 8.47. The molecule has 0 aromatic heterocycles. The number of imide groups is 2. The molecule has 4 amide bonds. The molecule has 1 aliphatic heterocycles. The van der Waals surface area contributed by atoms with E-state index in [1.54, 1.807) is 18.2 Å². The Kier molecular flexibility index (Phi) is 6.82. The fraction of sp³-hybridized carbons (Fsp3) is 0.0690. The maximum atomic E-state index is 13.5. The van der Waals surface area contributed by atoms with Crippen LogP contribution in [0.1, 0.15) is 16.7 Å². The van der Waals surface area contributed by atoms with Crippen LogP contribution in [0.3, 0.4) is 0 Å². The van der Waals surface area contributed by atoms with Gasteiger partial charge in [-0.15, -0.1) is 0 Å². The number of anilines is 1. The maximum Gasteiger partial charge on any atom is 0.335 e. The standard InChI is InChI=1S/C29H20BrClN2O4/c1-17-10-12-20(14-25(17)31)33-28(35)23(27(34)32-29(33)36)15-22-21-8-4-2-6-18(21)11-13-26(22)37-16-19-7-3-5-9-24(19)30/h2-15H,16H2,1H3,(H,32,34,36)/b23-15+. The van der Waals surface area contributed by atoms with E-state index in [9.17, 15) is 14.4 Å². The molecule has 1 heterocycles. The van der Waals surface area contributed by atoms with Crippen molar-refractivity contribution in [3.05, 3.63) is 111 Å². The predicted molar refractivity (Wildman–Crippen MR) is 148 cm³/mol. The van der Waals surface area contributed by atoms with Crippen molar-refractivity contribution >= 4 is 67.9 Å². The fourth-order valence-corrected chi connectivity index (χ4v) is 4.65. The van der Waals surface area contributed by atoms with E-state index in [4.69, 9.17) is 16.3 Å². The van der Waals surface area contributed by atoms with Gasteiger partial charge in [0.05, 0.1) is 5.69 Å². The second-order valence-corrected chi connectivity index (χ2v) is 9.73. The molecule has 1 N–H and O–H groups in total. The Hall–Kier alpha value is -3.94. The summed E-state index contributed by atoms with van der Waals surface area (Å²) in [6.07, 6.45) is 1.48. The van der Waals surface area contributed by atoms with Gasteiger partial charge in [-0.05, 0) is 53.6 Å². The Labute approximate surface area is 226 Å². The van der Waals surface area contributed by atoms with Crippen molar-refractivity contribution in [2.75, 3.05) is 4.90 Å². The minimum absolute atomic E-state index is 0.196. The van der Waals surface area contributed by atoms with Gasteiger partial charge >= 0.3 is 6.03 Å². The van der Waals surface area contributed by atoms with E-state index in [-0.39, 0.29) is 17.9 Å². The third kappa shape index (κ3) is 4.88. The van der Waals surface area contributed by atoms with Crippen LogP contribution in [0.2, 0.25) is 5.02 Å². The molecule has 0 bridgehead atoms. The van der Waals surface area contributed by atoms with Gasteiger partial charge < -0.3 is 4.74 Å².